The van der Waals surface area contributed by atoms with Gasteiger partial charge in [-0.15, -0.1) is 0 Å². The third-order valence-corrected chi connectivity index (χ3v) is 5.20. The molecule has 2 aliphatic rings. The van der Waals surface area contributed by atoms with Gasteiger partial charge in [0.2, 0.25) is 0 Å². The summed E-state index contributed by atoms with van der Waals surface area (Å²) in [5.74, 6) is 0.543. The average Bonchev–Trinajstić information content (AvgIpc) is 2.55. The first-order valence-corrected chi connectivity index (χ1v) is 8.94. The second-order valence-corrected chi connectivity index (χ2v) is 6.86. The van der Waals surface area contributed by atoms with Gasteiger partial charge < -0.3 is 9.47 Å². The Balaban J connectivity index is 2.03. The molecule has 0 aromatic carbocycles. The Kier molecular flexibility index (Phi) is 6.51. The van der Waals surface area contributed by atoms with Crippen molar-refractivity contribution in [1.82, 2.24) is 0 Å². The SMILES string of the molecule is CCCCC1(C#N)COC(C2CCCCC2)OC1CCC. The second-order valence-electron chi connectivity index (χ2n) is 6.86. The van der Waals surface area contributed by atoms with Crippen molar-refractivity contribution >= 4 is 0 Å². The Bertz CT molecular complexity index is 346. The highest BCUT2D eigenvalue weighted by Gasteiger charge is 2.46. The molecule has 120 valence electrons. The van der Waals surface area contributed by atoms with E-state index < -0.39 is 5.41 Å². The van der Waals surface area contributed by atoms with Gasteiger partial charge in [0.05, 0.1) is 18.8 Å². The molecule has 3 atom stereocenters. The highest BCUT2D eigenvalue weighted by atomic mass is 16.7. The molecule has 2 fully saturated rings. The van der Waals surface area contributed by atoms with Crippen molar-refractivity contribution in [3.63, 3.8) is 0 Å². The zero-order chi connectivity index (χ0) is 15.1. The van der Waals surface area contributed by atoms with Gasteiger partial charge in [-0.1, -0.05) is 52.4 Å². The van der Waals surface area contributed by atoms with Crippen molar-refractivity contribution in [2.24, 2.45) is 11.3 Å². The van der Waals surface area contributed by atoms with Crippen LogP contribution < -0.4 is 0 Å². The van der Waals surface area contributed by atoms with E-state index in [1.807, 2.05) is 0 Å². The molecule has 0 N–H and O–H groups in total. The lowest BCUT2D eigenvalue weighted by atomic mass is 9.76. The van der Waals surface area contributed by atoms with E-state index in [9.17, 15) is 5.26 Å². The predicted octanol–water partition coefficient (Wildman–Crippen LogP) is 4.81. The summed E-state index contributed by atoms with van der Waals surface area (Å²) in [6, 6.07) is 2.56. The minimum Gasteiger partial charge on any atom is -0.351 e. The molecule has 0 aromatic rings. The van der Waals surface area contributed by atoms with Gasteiger partial charge in [-0.2, -0.15) is 5.26 Å². The molecule has 1 heterocycles. The molecular formula is C18H31NO2. The smallest absolute Gasteiger partial charge is 0.160 e. The maximum atomic E-state index is 9.75. The lowest BCUT2D eigenvalue weighted by Gasteiger charge is -2.45. The number of nitriles is 1. The summed E-state index contributed by atoms with van der Waals surface area (Å²) in [5.41, 5.74) is -0.419. The van der Waals surface area contributed by atoms with Gasteiger partial charge in [0.15, 0.2) is 6.29 Å². The fourth-order valence-corrected chi connectivity index (χ4v) is 3.80. The van der Waals surface area contributed by atoms with Crippen LogP contribution in [-0.2, 0) is 9.47 Å². The van der Waals surface area contributed by atoms with Gasteiger partial charge in [-0.05, 0) is 25.7 Å². The molecular weight excluding hydrogens is 262 g/mol. The van der Waals surface area contributed by atoms with Crippen molar-refractivity contribution in [2.45, 2.75) is 90.4 Å². The van der Waals surface area contributed by atoms with Crippen molar-refractivity contribution in [1.29, 1.82) is 5.26 Å². The van der Waals surface area contributed by atoms with Crippen LogP contribution in [0.4, 0.5) is 0 Å². The van der Waals surface area contributed by atoms with Crippen LogP contribution >= 0.6 is 0 Å². The topological polar surface area (TPSA) is 42.2 Å². The van der Waals surface area contributed by atoms with E-state index in [0.717, 1.165) is 32.1 Å². The maximum Gasteiger partial charge on any atom is 0.160 e. The fourth-order valence-electron chi connectivity index (χ4n) is 3.80. The van der Waals surface area contributed by atoms with Gasteiger partial charge in [0.25, 0.3) is 0 Å². The molecule has 0 aromatic heterocycles. The van der Waals surface area contributed by atoms with Crippen LogP contribution in [0.5, 0.6) is 0 Å². The molecule has 3 unspecified atom stereocenters. The van der Waals surface area contributed by atoms with Crippen molar-refractivity contribution < 1.29 is 9.47 Å². The molecule has 1 aliphatic heterocycles. The number of ether oxygens (including phenoxy) is 2. The number of nitrogens with zero attached hydrogens (tertiary/aromatic N) is 1. The van der Waals surface area contributed by atoms with Crippen LogP contribution in [0.1, 0.15) is 78.1 Å². The Morgan fingerprint density at radius 3 is 2.52 bits per heavy atom. The normalized spacial score (nSPS) is 34.5. The predicted molar refractivity (Wildman–Crippen MR) is 83.7 cm³/mol. The second kappa shape index (κ2) is 8.15. The van der Waals surface area contributed by atoms with Crippen LogP contribution in [0.15, 0.2) is 0 Å². The standard InChI is InChI=1S/C18H31NO2/c1-3-5-12-18(13-19)14-20-17(21-16(18)9-4-2)15-10-7-6-8-11-15/h15-17H,3-12,14H2,1-2H3. The molecule has 0 radical (unpaired) electrons. The molecule has 0 spiro atoms. The molecule has 0 amide bonds. The average molecular weight is 293 g/mol. The lowest BCUT2D eigenvalue weighted by Crippen LogP contribution is -2.50. The van der Waals surface area contributed by atoms with Crippen LogP contribution in [0.2, 0.25) is 0 Å². The molecule has 21 heavy (non-hydrogen) atoms. The van der Waals surface area contributed by atoms with Crippen LogP contribution in [-0.4, -0.2) is 19.0 Å². The largest absolute Gasteiger partial charge is 0.351 e. The summed E-state index contributed by atoms with van der Waals surface area (Å²) < 4.78 is 12.4. The molecule has 2 rings (SSSR count). The molecule has 3 heteroatoms. The number of unbranched alkanes of at least 4 members (excludes halogenated alkanes) is 1. The maximum absolute atomic E-state index is 9.75. The fraction of sp³-hybridized carbons (Fsp3) is 0.944. The van der Waals surface area contributed by atoms with Gasteiger partial charge in [0.1, 0.15) is 5.41 Å². The third kappa shape index (κ3) is 3.99. The van der Waals surface area contributed by atoms with Gasteiger partial charge in [-0.25, -0.2) is 0 Å². The summed E-state index contributed by atoms with van der Waals surface area (Å²) in [4.78, 5) is 0. The van der Waals surface area contributed by atoms with Crippen LogP contribution in [0.3, 0.4) is 0 Å². The minimum absolute atomic E-state index is 0.0553. The van der Waals surface area contributed by atoms with Gasteiger partial charge in [0, 0.05) is 5.92 Å². The third-order valence-electron chi connectivity index (χ3n) is 5.20. The zero-order valence-corrected chi connectivity index (χ0v) is 13.8. The van der Waals surface area contributed by atoms with E-state index in [2.05, 4.69) is 19.9 Å². The highest BCUT2D eigenvalue weighted by Crippen LogP contribution is 2.41. The van der Waals surface area contributed by atoms with E-state index in [4.69, 9.17) is 9.47 Å². The number of hydrogen-bond donors (Lipinski definition) is 0. The zero-order valence-electron chi connectivity index (χ0n) is 13.8. The summed E-state index contributed by atoms with van der Waals surface area (Å²) in [6.07, 6.45) is 11.5. The summed E-state index contributed by atoms with van der Waals surface area (Å²) in [6.45, 7) is 4.92. The van der Waals surface area contributed by atoms with E-state index in [-0.39, 0.29) is 12.4 Å². The van der Waals surface area contributed by atoms with Crippen LogP contribution in [0, 0.1) is 22.7 Å². The van der Waals surface area contributed by atoms with Crippen LogP contribution in [0.25, 0.3) is 0 Å². The summed E-state index contributed by atoms with van der Waals surface area (Å²) in [7, 11) is 0. The first kappa shape index (κ1) is 16.8. The highest BCUT2D eigenvalue weighted by molar-refractivity contribution is 5.06. The van der Waals surface area contributed by atoms with E-state index in [1.54, 1.807) is 0 Å². The van der Waals surface area contributed by atoms with E-state index in [0.29, 0.717) is 12.5 Å². The van der Waals surface area contributed by atoms with Crippen molar-refractivity contribution in [3.8, 4) is 6.07 Å². The number of hydrogen-bond acceptors (Lipinski definition) is 3. The lowest BCUT2D eigenvalue weighted by molar-refractivity contribution is -0.278. The first-order chi connectivity index (χ1) is 10.3. The molecule has 0 bridgehead atoms. The number of rotatable bonds is 6. The Hall–Kier alpha value is -0.590. The Morgan fingerprint density at radius 2 is 1.90 bits per heavy atom. The van der Waals surface area contributed by atoms with Crippen molar-refractivity contribution in [2.75, 3.05) is 6.61 Å². The molecule has 1 aliphatic carbocycles. The Morgan fingerprint density at radius 1 is 1.14 bits per heavy atom. The van der Waals surface area contributed by atoms with Gasteiger partial charge in [-0.3, -0.25) is 0 Å². The Labute approximate surface area is 130 Å². The summed E-state index contributed by atoms with van der Waals surface area (Å²) >= 11 is 0. The van der Waals surface area contributed by atoms with E-state index >= 15 is 0 Å². The quantitative estimate of drug-likeness (QED) is 0.706. The monoisotopic (exact) mass is 293 g/mol. The minimum atomic E-state index is -0.419. The molecule has 1 saturated carbocycles. The molecule has 1 saturated heterocycles. The van der Waals surface area contributed by atoms with Gasteiger partial charge >= 0.3 is 0 Å². The first-order valence-electron chi connectivity index (χ1n) is 8.94. The molecule has 3 nitrogen and oxygen atoms in total. The van der Waals surface area contributed by atoms with E-state index in [1.165, 1.54) is 32.1 Å². The van der Waals surface area contributed by atoms with Crippen molar-refractivity contribution in [3.05, 3.63) is 0 Å². The summed E-state index contributed by atoms with van der Waals surface area (Å²) in [5, 5.41) is 9.75.